The van der Waals surface area contributed by atoms with Gasteiger partial charge in [0.05, 0.1) is 0 Å². The summed E-state index contributed by atoms with van der Waals surface area (Å²) in [5.41, 5.74) is 3.52. The third-order valence-electron chi connectivity index (χ3n) is 4.28. The van der Waals surface area contributed by atoms with Crippen molar-refractivity contribution in [3.05, 3.63) is 78.4 Å². The summed E-state index contributed by atoms with van der Waals surface area (Å²) in [6, 6.07) is 23.3. The van der Waals surface area contributed by atoms with Gasteiger partial charge < -0.3 is 0 Å². The Morgan fingerprint density at radius 3 is 2.09 bits per heavy atom. The Kier molecular flexibility index (Phi) is 3.20. The molecule has 0 radical (unpaired) electrons. The number of hydrogen-bond acceptors (Lipinski definition) is 1. The summed E-state index contributed by atoms with van der Waals surface area (Å²) in [6.45, 7) is 1.58. The summed E-state index contributed by atoms with van der Waals surface area (Å²) in [6.07, 6.45) is 3.60. The van der Waals surface area contributed by atoms with Crippen molar-refractivity contribution in [2.24, 2.45) is 0 Å². The Balaban J connectivity index is 2.16. The molecule has 2 aliphatic carbocycles. The van der Waals surface area contributed by atoms with E-state index in [1.165, 1.54) is 32.7 Å². The number of fused-ring (bicyclic) bond motifs is 4. The van der Waals surface area contributed by atoms with E-state index in [1.807, 2.05) is 18.2 Å². The molecule has 0 saturated heterocycles. The molecule has 0 aliphatic heterocycles. The van der Waals surface area contributed by atoms with Crippen LogP contribution in [0.4, 0.5) is 0 Å². The summed E-state index contributed by atoms with van der Waals surface area (Å²) < 4.78 is 0. The van der Waals surface area contributed by atoms with Crippen molar-refractivity contribution >= 4 is 33.4 Å². The van der Waals surface area contributed by atoms with Gasteiger partial charge >= 0.3 is 0 Å². The molecule has 2 aliphatic rings. The van der Waals surface area contributed by atoms with Crippen LogP contribution in [0.1, 0.15) is 12.5 Å². The zero-order valence-electron chi connectivity index (χ0n) is 12.9. The van der Waals surface area contributed by atoms with E-state index in [0.717, 1.165) is 5.56 Å². The monoisotopic (exact) mass is 296 g/mol. The molecule has 0 saturated carbocycles. The summed E-state index contributed by atoms with van der Waals surface area (Å²) in [7, 11) is 0. The standard InChI is InChI=1S/C22H16O/c1-15(23)11-12-20-18-9-3-2-4-10-19(18)21-13-16-7-5-6-8-17(16)14-22(20)21/h2-14H,1H3/b12-11+. The van der Waals surface area contributed by atoms with Crippen molar-refractivity contribution in [2.75, 3.05) is 0 Å². The summed E-state index contributed by atoms with van der Waals surface area (Å²) in [5, 5.41) is 4.89. The van der Waals surface area contributed by atoms with Gasteiger partial charge in [-0.1, -0.05) is 60.7 Å². The van der Waals surface area contributed by atoms with Crippen molar-refractivity contribution in [1.29, 1.82) is 0 Å². The van der Waals surface area contributed by atoms with Crippen molar-refractivity contribution < 1.29 is 4.79 Å². The fourth-order valence-corrected chi connectivity index (χ4v) is 3.23. The van der Waals surface area contributed by atoms with E-state index in [4.69, 9.17) is 0 Å². The van der Waals surface area contributed by atoms with Gasteiger partial charge in [-0.25, -0.2) is 0 Å². The molecule has 2 aromatic rings. The van der Waals surface area contributed by atoms with E-state index in [0.29, 0.717) is 0 Å². The highest BCUT2D eigenvalue weighted by Crippen LogP contribution is 2.41. The average molecular weight is 296 g/mol. The highest BCUT2D eigenvalue weighted by atomic mass is 16.1. The number of hydrogen-bond donors (Lipinski definition) is 0. The molecule has 1 nitrogen and oxygen atoms in total. The second-order valence-corrected chi connectivity index (χ2v) is 5.84. The minimum absolute atomic E-state index is 0.0635. The van der Waals surface area contributed by atoms with E-state index < -0.39 is 0 Å². The van der Waals surface area contributed by atoms with E-state index in [2.05, 4.69) is 54.6 Å². The van der Waals surface area contributed by atoms with Crippen LogP contribution >= 0.6 is 0 Å². The van der Waals surface area contributed by atoms with Crippen LogP contribution in [0, 0.1) is 0 Å². The van der Waals surface area contributed by atoms with Crippen LogP contribution in [0.3, 0.4) is 0 Å². The molecule has 0 bridgehead atoms. The number of benzene rings is 2. The number of carbonyl (C=O) groups is 1. The van der Waals surface area contributed by atoms with Gasteiger partial charge in [-0.2, -0.15) is 0 Å². The smallest absolute Gasteiger partial charge is 0.152 e. The minimum atomic E-state index is 0.0635. The summed E-state index contributed by atoms with van der Waals surface area (Å²) in [4.78, 5) is 11.4. The molecule has 4 rings (SSSR count). The van der Waals surface area contributed by atoms with Crippen molar-refractivity contribution in [2.45, 2.75) is 6.92 Å². The molecular formula is C22H16O. The summed E-state index contributed by atoms with van der Waals surface area (Å²) >= 11 is 0. The molecule has 0 fully saturated rings. The zero-order valence-corrected chi connectivity index (χ0v) is 12.9. The molecule has 2 aromatic carbocycles. The molecule has 0 atom stereocenters. The molecule has 110 valence electrons. The molecule has 1 heteroatoms. The van der Waals surface area contributed by atoms with Crippen LogP contribution in [-0.2, 0) is 4.79 Å². The maximum atomic E-state index is 11.4. The van der Waals surface area contributed by atoms with Crippen LogP contribution in [0.25, 0.3) is 38.7 Å². The van der Waals surface area contributed by atoms with Crippen molar-refractivity contribution in [3.8, 4) is 11.1 Å². The maximum absolute atomic E-state index is 11.4. The number of allylic oxidation sites excluding steroid dienone is 1. The normalized spacial score (nSPS) is 11.7. The highest BCUT2D eigenvalue weighted by molar-refractivity contribution is 6.14. The lowest BCUT2D eigenvalue weighted by molar-refractivity contribution is -0.112. The lowest BCUT2D eigenvalue weighted by Gasteiger charge is -1.99. The van der Waals surface area contributed by atoms with E-state index in [1.54, 1.807) is 13.0 Å². The number of rotatable bonds is 2. The van der Waals surface area contributed by atoms with Gasteiger partial charge in [0.25, 0.3) is 0 Å². The van der Waals surface area contributed by atoms with E-state index in [-0.39, 0.29) is 5.78 Å². The maximum Gasteiger partial charge on any atom is 0.152 e. The zero-order chi connectivity index (χ0) is 15.8. The topological polar surface area (TPSA) is 17.1 Å². The van der Waals surface area contributed by atoms with Crippen molar-refractivity contribution in [3.63, 3.8) is 0 Å². The highest BCUT2D eigenvalue weighted by Gasteiger charge is 2.15. The lowest BCUT2D eigenvalue weighted by atomic mass is 10.0. The second kappa shape index (κ2) is 5.36. The Bertz CT molecular complexity index is 1040. The molecule has 0 heterocycles. The molecule has 0 aromatic heterocycles. The fraction of sp³-hybridized carbons (Fsp3) is 0.0455. The second-order valence-electron chi connectivity index (χ2n) is 5.84. The van der Waals surface area contributed by atoms with Gasteiger partial charge in [-0.05, 0) is 63.4 Å². The third-order valence-corrected chi connectivity index (χ3v) is 4.28. The first-order chi connectivity index (χ1) is 11.2. The largest absolute Gasteiger partial charge is 0.295 e. The van der Waals surface area contributed by atoms with Gasteiger partial charge in [0.1, 0.15) is 0 Å². The molecule has 0 unspecified atom stereocenters. The van der Waals surface area contributed by atoms with Crippen LogP contribution in [0.2, 0.25) is 0 Å². The first-order valence-corrected chi connectivity index (χ1v) is 7.76. The minimum Gasteiger partial charge on any atom is -0.295 e. The van der Waals surface area contributed by atoms with Gasteiger partial charge in [-0.3, -0.25) is 4.79 Å². The van der Waals surface area contributed by atoms with E-state index >= 15 is 0 Å². The average Bonchev–Trinajstić information content (AvgIpc) is 2.71. The molecule has 23 heavy (non-hydrogen) atoms. The Morgan fingerprint density at radius 1 is 0.783 bits per heavy atom. The molecule has 0 N–H and O–H groups in total. The Hall–Kier alpha value is -2.93. The molecule has 0 spiro atoms. The fourth-order valence-electron chi connectivity index (χ4n) is 3.23. The Labute approximate surface area is 135 Å². The number of ketones is 1. The van der Waals surface area contributed by atoms with Crippen LogP contribution in [0.15, 0.2) is 72.8 Å². The van der Waals surface area contributed by atoms with Gasteiger partial charge in [0, 0.05) is 0 Å². The predicted octanol–water partition coefficient (Wildman–Crippen LogP) is 5.70. The van der Waals surface area contributed by atoms with Gasteiger partial charge in [0.2, 0.25) is 0 Å². The van der Waals surface area contributed by atoms with Crippen LogP contribution in [0.5, 0.6) is 0 Å². The van der Waals surface area contributed by atoms with E-state index in [9.17, 15) is 4.79 Å². The lowest BCUT2D eigenvalue weighted by Crippen LogP contribution is -1.80. The predicted molar refractivity (Wildman–Crippen MR) is 97.8 cm³/mol. The van der Waals surface area contributed by atoms with Gasteiger partial charge in [0.15, 0.2) is 5.78 Å². The number of carbonyl (C=O) groups excluding carboxylic acids is 1. The van der Waals surface area contributed by atoms with Crippen molar-refractivity contribution in [1.82, 2.24) is 0 Å². The van der Waals surface area contributed by atoms with Crippen LogP contribution < -0.4 is 0 Å². The first kappa shape index (κ1) is 13.7. The SMILES string of the molecule is CC(=O)/C=C/c1c2cccccc-2c2cc3ccccc3cc12. The quantitative estimate of drug-likeness (QED) is 0.434. The summed E-state index contributed by atoms with van der Waals surface area (Å²) in [5.74, 6) is 0.0635. The first-order valence-electron chi connectivity index (χ1n) is 7.76. The molecular weight excluding hydrogens is 280 g/mol. The van der Waals surface area contributed by atoms with Gasteiger partial charge in [-0.15, -0.1) is 0 Å². The molecule has 0 amide bonds. The van der Waals surface area contributed by atoms with Crippen LogP contribution in [-0.4, -0.2) is 5.78 Å². The Morgan fingerprint density at radius 2 is 1.39 bits per heavy atom. The third kappa shape index (κ3) is 2.31.